The van der Waals surface area contributed by atoms with E-state index in [9.17, 15) is 4.39 Å². The fourth-order valence-corrected chi connectivity index (χ4v) is 2.63. The Labute approximate surface area is 128 Å². The van der Waals surface area contributed by atoms with Crippen LogP contribution in [-0.4, -0.2) is 4.98 Å². The summed E-state index contributed by atoms with van der Waals surface area (Å²) in [6, 6.07) is 12.3. The van der Waals surface area contributed by atoms with Crippen LogP contribution in [0.25, 0.3) is 10.9 Å². The standard InChI is InChI=1S/C15H9BrClFN2/c16-11-3-1-2-10-14(6-7-19-15(10)11)20-9-4-5-13(18)12(17)8-9/h1-8H,(H,19,20). The second kappa shape index (κ2) is 5.38. The lowest BCUT2D eigenvalue weighted by molar-refractivity contribution is 0.628. The zero-order valence-corrected chi connectivity index (χ0v) is 12.5. The quantitative estimate of drug-likeness (QED) is 0.656. The number of benzene rings is 2. The van der Waals surface area contributed by atoms with Crippen molar-refractivity contribution in [2.75, 3.05) is 5.32 Å². The van der Waals surface area contributed by atoms with Gasteiger partial charge in [0.15, 0.2) is 0 Å². The first-order valence-corrected chi connectivity index (χ1v) is 7.07. The maximum absolute atomic E-state index is 13.2. The number of nitrogens with one attached hydrogen (secondary N) is 1. The number of rotatable bonds is 2. The average Bonchev–Trinajstić information content (AvgIpc) is 2.44. The van der Waals surface area contributed by atoms with Gasteiger partial charge in [0.25, 0.3) is 0 Å². The number of hydrogen-bond donors (Lipinski definition) is 1. The molecule has 1 heterocycles. The predicted molar refractivity (Wildman–Crippen MR) is 84.1 cm³/mol. The lowest BCUT2D eigenvalue weighted by Gasteiger charge is -2.10. The van der Waals surface area contributed by atoms with Crippen molar-refractivity contribution in [1.82, 2.24) is 4.98 Å². The van der Waals surface area contributed by atoms with Crippen LogP contribution >= 0.6 is 27.5 Å². The molecule has 0 aliphatic heterocycles. The molecule has 0 aliphatic carbocycles. The summed E-state index contributed by atoms with van der Waals surface area (Å²) >= 11 is 9.27. The van der Waals surface area contributed by atoms with Gasteiger partial charge in [-0.05, 0) is 46.3 Å². The number of pyridine rings is 1. The van der Waals surface area contributed by atoms with Crippen molar-refractivity contribution in [1.29, 1.82) is 0 Å². The van der Waals surface area contributed by atoms with Crippen molar-refractivity contribution >= 4 is 49.8 Å². The van der Waals surface area contributed by atoms with Gasteiger partial charge in [0.1, 0.15) is 5.82 Å². The van der Waals surface area contributed by atoms with E-state index in [0.29, 0.717) is 0 Å². The molecule has 0 radical (unpaired) electrons. The Morgan fingerprint density at radius 2 is 2.00 bits per heavy atom. The van der Waals surface area contributed by atoms with Gasteiger partial charge in [0.2, 0.25) is 0 Å². The lowest BCUT2D eigenvalue weighted by atomic mass is 10.2. The zero-order chi connectivity index (χ0) is 14.1. The number of nitrogens with zero attached hydrogens (tertiary/aromatic N) is 1. The van der Waals surface area contributed by atoms with Crippen molar-refractivity contribution in [2.24, 2.45) is 0 Å². The summed E-state index contributed by atoms with van der Waals surface area (Å²) in [5.41, 5.74) is 2.48. The Morgan fingerprint density at radius 1 is 1.15 bits per heavy atom. The Kier molecular flexibility index (Phi) is 3.59. The summed E-state index contributed by atoms with van der Waals surface area (Å²) in [6.45, 7) is 0. The van der Waals surface area contributed by atoms with Gasteiger partial charge in [0.05, 0.1) is 10.5 Å². The molecular formula is C15H9BrClFN2. The Bertz CT molecular complexity index is 792. The molecule has 0 fully saturated rings. The highest BCUT2D eigenvalue weighted by Crippen LogP contribution is 2.30. The van der Waals surface area contributed by atoms with E-state index in [2.05, 4.69) is 26.2 Å². The molecule has 3 rings (SSSR count). The molecule has 1 aromatic heterocycles. The number of hydrogen-bond acceptors (Lipinski definition) is 2. The SMILES string of the molecule is Fc1ccc(Nc2ccnc3c(Br)cccc23)cc1Cl. The molecule has 0 saturated heterocycles. The van der Waals surface area contributed by atoms with E-state index in [4.69, 9.17) is 11.6 Å². The second-order valence-electron chi connectivity index (χ2n) is 4.25. The summed E-state index contributed by atoms with van der Waals surface area (Å²) < 4.78 is 14.1. The molecule has 0 bridgehead atoms. The third kappa shape index (κ3) is 2.49. The summed E-state index contributed by atoms with van der Waals surface area (Å²) in [4.78, 5) is 4.34. The largest absolute Gasteiger partial charge is 0.355 e. The highest BCUT2D eigenvalue weighted by atomic mass is 79.9. The molecule has 3 aromatic rings. The Hall–Kier alpha value is -1.65. The summed E-state index contributed by atoms with van der Waals surface area (Å²) in [5.74, 6) is -0.431. The van der Waals surface area contributed by atoms with Gasteiger partial charge in [0, 0.05) is 27.4 Å². The fourth-order valence-electron chi connectivity index (χ4n) is 1.98. The maximum Gasteiger partial charge on any atom is 0.141 e. The Balaban J connectivity index is 2.06. The average molecular weight is 352 g/mol. The molecule has 2 nitrogen and oxygen atoms in total. The third-order valence-corrected chi connectivity index (χ3v) is 3.85. The van der Waals surface area contributed by atoms with Gasteiger partial charge in [-0.15, -0.1) is 0 Å². The molecule has 5 heteroatoms. The van der Waals surface area contributed by atoms with E-state index < -0.39 is 5.82 Å². The zero-order valence-electron chi connectivity index (χ0n) is 10.2. The van der Waals surface area contributed by atoms with Crippen LogP contribution in [0.2, 0.25) is 5.02 Å². The molecule has 2 aromatic carbocycles. The van der Waals surface area contributed by atoms with Crippen LogP contribution in [-0.2, 0) is 0 Å². The van der Waals surface area contributed by atoms with Crippen molar-refractivity contribution in [3.63, 3.8) is 0 Å². The van der Waals surface area contributed by atoms with Gasteiger partial charge >= 0.3 is 0 Å². The van der Waals surface area contributed by atoms with E-state index in [1.165, 1.54) is 6.07 Å². The molecule has 0 aliphatic rings. The normalized spacial score (nSPS) is 10.8. The van der Waals surface area contributed by atoms with E-state index in [1.807, 2.05) is 24.3 Å². The third-order valence-electron chi connectivity index (χ3n) is 2.92. The van der Waals surface area contributed by atoms with Crippen LogP contribution in [0.15, 0.2) is 53.1 Å². The van der Waals surface area contributed by atoms with Crippen molar-refractivity contribution < 1.29 is 4.39 Å². The van der Waals surface area contributed by atoms with Crippen LogP contribution in [0.3, 0.4) is 0 Å². The van der Waals surface area contributed by atoms with Crippen LogP contribution < -0.4 is 5.32 Å². The van der Waals surface area contributed by atoms with Gasteiger partial charge in [-0.1, -0.05) is 23.7 Å². The summed E-state index contributed by atoms with van der Waals surface area (Å²) in [7, 11) is 0. The predicted octanol–water partition coefficient (Wildman–Crippen LogP) is 5.53. The molecule has 0 amide bonds. The van der Waals surface area contributed by atoms with Gasteiger partial charge in [-0.2, -0.15) is 0 Å². The topological polar surface area (TPSA) is 24.9 Å². The first-order valence-electron chi connectivity index (χ1n) is 5.90. The highest BCUT2D eigenvalue weighted by Gasteiger charge is 2.06. The number of fused-ring (bicyclic) bond motifs is 1. The summed E-state index contributed by atoms with van der Waals surface area (Å²) in [6.07, 6.45) is 1.72. The van der Waals surface area contributed by atoms with Crippen LogP contribution in [0.1, 0.15) is 0 Å². The molecule has 0 saturated carbocycles. The van der Waals surface area contributed by atoms with Crippen LogP contribution in [0, 0.1) is 5.82 Å². The number of halogens is 3. The van der Waals surface area contributed by atoms with Crippen molar-refractivity contribution in [2.45, 2.75) is 0 Å². The second-order valence-corrected chi connectivity index (χ2v) is 5.51. The summed E-state index contributed by atoms with van der Waals surface area (Å²) in [5, 5.41) is 4.30. The van der Waals surface area contributed by atoms with E-state index in [1.54, 1.807) is 18.3 Å². The van der Waals surface area contributed by atoms with E-state index >= 15 is 0 Å². The Morgan fingerprint density at radius 3 is 2.80 bits per heavy atom. The lowest BCUT2D eigenvalue weighted by Crippen LogP contribution is -1.93. The smallest absolute Gasteiger partial charge is 0.141 e. The van der Waals surface area contributed by atoms with Crippen LogP contribution in [0.4, 0.5) is 15.8 Å². The number of para-hydroxylation sites is 1. The first-order chi connectivity index (χ1) is 9.65. The molecular weight excluding hydrogens is 343 g/mol. The molecule has 0 unspecified atom stereocenters. The highest BCUT2D eigenvalue weighted by molar-refractivity contribution is 9.10. The van der Waals surface area contributed by atoms with E-state index in [-0.39, 0.29) is 5.02 Å². The maximum atomic E-state index is 13.2. The minimum absolute atomic E-state index is 0.0922. The van der Waals surface area contributed by atoms with Crippen molar-refractivity contribution in [3.05, 3.63) is 64.0 Å². The van der Waals surface area contributed by atoms with Gasteiger partial charge in [-0.3, -0.25) is 4.98 Å². The minimum atomic E-state index is -0.431. The number of aromatic nitrogens is 1. The van der Waals surface area contributed by atoms with E-state index in [0.717, 1.165) is 26.8 Å². The molecule has 20 heavy (non-hydrogen) atoms. The minimum Gasteiger partial charge on any atom is -0.355 e. The fraction of sp³-hybridized carbons (Fsp3) is 0. The van der Waals surface area contributed by atoms with Crippen LogP contribution in [0.5, 0.6) is 0 Å². The number of anilines is 2. The molecule has 1 N–H and O–H groups in total. The monoisotopic (exact) mass is 350 g/mol. The molecule has 0 atom stereocenters. The molecule has 100 valence electrons. The molecule has 0 spiro atoms. The first kappa shape index (κ1) is 13.3. The van der Waals surface area contributed by atoms with Crippen molar-refractivity contribution in [3.8, 4) is 0 Å². The van der Waals surface area contributed by atoms with Gasteiger partial charge in [-0.25, -0.2) is 4.39 Å². The van der Waals surface area contributed by atoms with Gasteiger partial charge < -0.3 is 5.32 Å².